The van der Waals surface area contributed by atoms with Crippen molar-refractivity contribution in [3.8, 4) is 11.1 Å². The molecule has 6 aromatic rings. The predicted octanol–water partition coefficient (Wildman–Crippen LogP) is 8.12. The van der Waals surface area contributed by atoms with Crippen molar-refractivity contribution in [3.05, 3.63) is 142 Å². The van der Waals surface area contributed by atoms with Crippen molar-refractivity contribution in [2.45, 2.75) is 22.4 Å². The maximum absolute atomic E-state index is 13.7. The van der Waals surface area contributed by atoms with E-state index >= 15 is 0 Å². The summed E-state index contributed by atoms with van der Waals surface area (Å²) in [6.45, 7) is 4.79. The molecular formula is C42H43ClN8O4S2. The third kappa shape index (κ3) is 10.0. The van der Waals surface area contributed by atoms with Gasteiger partial charge in [-0.25, -0.2) is 18.4 Å². The minimum atomic E-state index is -4.26. The summed E-state index contributed by atoms with van der Waals surface area (Å²) in [4.78, 5) is 28.0. The van der Waals surface area contributed by atoms with Gasteiger partial charge in [-0.15, -0.1) is 11.8 Å². The summed E-state index contributed by atoms with van der Waals surface area (Å²) in [5.41, 5.74) is 5.05. The number of likely N-dealkylation sites (N-methyl/N-ethyl adjacent to an activating group) is 1. The van der Waals surface area contributed by atoms with Crippen LogP contribution in [0.4, 0.5) is 22.9 Å². The zero-order valence-electron chi connectivity index (χ0n) is 31.6. The average molecular weight is 823 g/mol. The van der Waals surface area contributed by atoms with Crippen molar-refractivity contribution >= 4 is 67.2 Å². The maximum atomic E-state index is 13.7. The molecule has 15 heteroatoms. The molecule has 12 nitrogen and oxygen atoms in total. The zero-order valence-corrected chi connectivity index (χ0v) is 34.0. The number of nitro benzene ring substituents is 1. The second-order valence-electron chi connectivity index (χ2n) is 14.1. The van der Waals surface area contributed by atoms with Gasteiger partial charge in [0.25, 0.3) is 15.7 Å². The highest BCUT2D eigenvalue weighted by atomic mass is 35.5. The number of halogens is 1. The minimum absolute atomic E-state index is 0.0876. The molecule has 0 radical (unpaired) electrons. The standard InChI is InChI=1S/C42H43ClN8O4S2/c1-48(2)27-33(28-56-35-9-4-3-5-10-35)46-39-19-17-36(25-41(39)51(52)53)57(54,55)47-42-38-18-16-34(24-40(38)44-29-45-42)50-22-20-49(21-23-50)26-31-8-6-7-11-37(31)30-12-14-32(43)15-13-30/h3-19,24-25,29,33,46H,20-23,26-28H2,1-2H3,(H,44,45,47). The van der Waals surface area contributed by atoms with Crippen LogP contribution in [0.5, 0.6) is 0 Å². The highest BCUT2D eigenvalue weighted by Gasteiger charge is 2.25. The summed E-state index contributed by atoms with van der Waals surface area (Å²) < 4.78 is 30.0. The van der Waals surface area contributed by atoms with Crippen LogP contribution in [0.15, 0.2) is 131 Å². The number of anilines is 3. The molecule has 0 amide bonds. The molecule has 1 unspecified atom stereocenters. The zero-order chi connectivity index (χ0) is 39.9. The van der Waals surface area contributed by atoms with E-state index in [9.17, 15) is 18.5 Å². The van der Waals surface area contributed by atoms with E-state index in [0.717, 1.165) is 54.9 Å². The number of sulfonamides is 1. The van der Waals surface area contributed by atoms with E-state index in [4.69, 9.17) is 11.6 Å². The fourth-order valence-electron chi connectivity index (χ4n) is 6.95. The third-order valence-electron chi connectivity index (χ3n) is 9.77. The lowest BCUT2D eigenvalue weighted by Crippen LogP contribution is -2.46. The lowest BCUT2D eigenvalue weighted by molar-refractivity contribution is -0.384. The predicted molar refractivity (Wildman–Crippen MR) is 231 cm³/mol. The van der Waals surface area contributed by atoms with Crippen LogP contribution in [-0.2, 0) is 16.6 Å². The molecule has 0 saturated carbocycles. The molecule has 0 spiro atoms. The number of nitrogens with one attached hydrogen (secondary N) is 2. The number of benzene rings is 5. The summed E-state index contributed by atoms with van der Waals surface area (Å²) in [6.07, 6.45) is 1.31. The molecule has 1 aromatic heterocycles. The van der Waals surface area contributed by atoms with Crippen molar-refractivity contribution in [2.24, 2.45) is 0 Å². The Kier molecular flexibility index (Phi) is 12.6. The monoisotopic (exact) mass is 822 g/mol. The van der Waals surface area contributed by atoms with Crippen molar-refractivity contribution in [1.29, 1.82) is 0 Å². The Morgan fingerprint density at radius 3 is 2.37 bits per heavy atom. The van der Waals surface area contributed by atoms with Gasteiger partial charge in [-0.2, -0.15) is 0 Å². The molecule has 1 aliphatic heterocycles. The van der Waals surface area contributed by atoms with Crippen molar-refractivity contribution in [3.63, 3.8) is 0 Å². The molecule has 294 valence electrons. The van der Waals surface area contributed by atoms with Gasteiger partial charge in [0.2, 0.25) is 0 Å². The molecular weight excluding hydrogens is 780 g/mol. The van der Waals surface area contributed by atoms with Gasteiger partial charge in [-0.1, -0.05) is 66.2 Å². The van der Waals surface area contributed by atoms with Gasteiger partial charge in [-0.05, 0) is 85.4 Å². The number of piperazine rings is 1. The normalized spacial score (nSPS) is 14.1. The van der Waals surface area contributed by atoms with Crippen LogP contribution in [0.1, 0.15) is 5.56 Å². The van der Waals surface area contributed by atoms with Gasteiger partial charge in [0.05, 0.1) is 15.3 Å². The van der Waals surface area contributed by atoms with E-state index in [1.54, 1.807) is 11.8 Å². The van der Waals surface area contributed by atoms with E-state index in [1.807, 2.05) is 79.7 Å². The van der Waals surface area contributed by atoms with E-state index in [-0.39, 0.29) is 28.1 Å². The van der Waals surface area contributed by atoms with Crippen molar-refractivity contribution < 1.29 is 13.3 Å². The molecule has 1 atom stereocenters. The number of nitrogens with zero attached hydrogens (tertiary/aromatic N) is 6. The van der Waals surface area contributed by atoms with Gasteiger partial charge in [0, 0.05) is 78.1 Å². The fraction of sp³-hybridized carbons (Fsp3) is 0.238. The second-order valence-corrected chi connectivity index (χ2v) is 17.3. The first-order chi connectivity index (χ1) is 27.5. The van der Waals surface area contributed by atoms with Crippen molar-refractivity contribution in [1.82, 2.24) is 19.8 Å². The van der Waals surface area contributed by atoms with Crippen LogP contribution in [0.3, 0.4) is 0 Å². The van der Waals surface area contributed by atoms with Crippen LogP contribution in [0, 0.1) is 10.1 Å². The number of rotatable bonds is 15. The van der Waals surface area contributed by atoms with Crippen LogP contribution in [0.2, 0.25) is 5.02 Å². The average Bonchev–Trinajstić information content (AvgIpc) is 3.21. The van der Waals surface area contributed by atoms with Crippen molar-refractivity contribution in [2.75, 3.05) is 67.5 Å². The van der Waals surface area contributed by atoms with Gasteiger partial charge in [0.15, 0.2) is 5.82 Å². The Labute approximate surface area is 342 Å². The van der Waals surface area contributed by atoms with Crippen LogP contribution in [-0.4, -0.2) is 91.7 Å². The number of thioether (sulfide) groups is 1. The van der Waals surface area contributed by atoms with E-state index in [1.165, 1.54) is 29.6 Å². The SMILES string of the molecule is CN(C)CC(CSc1ccccc1)Nc1ccc(S(=O)(=O)Nc2ncnc3cc(N4CCN(Cc5ccccc5-c5ccc(Cl)cc5)CC4)ccc23)cc1[N+](=O)[O-]. The fourth-order valence-corrected chi connectivity index (χ4v) is 9.06. The first-order valence-corrected chi connectivity index (χ1v) is 21.3. The molecule has 0 bridgehead atoms. The van der Waals surface area contributed by atoms with Crippen LogP contribution < -0.4 is 14.9 Å². The summed E-state index contributed by atoms with van der Waals surface area (Å²) in [7, 11) is -0.397. The first kappa shape index (κ1) is 40.0. The molecule has 2 N–H and O–H groups in total. The smallest absolute Gasteiger partial charge is 0.293 e. The number of fused-ring (bicyclic) bond motifs is 1. The quantitative estimate of drug-likeness (QED) is 0.0591. The second kappa shape index (κ2) is 17.9. The molecule has 1 aliphatic rings. The summed E-state index contributed by atoms with van der Waals surface area (Å²) >= 11 is 7.77. The van der Waals surface area contributed by atoms with Crippen LogP contribution in [0.25, 0.3) is 22.0 Å². The third-order valence-corrected chi connectivity index (χ3v) is 12.5. The molecule has 7 rings (SSSR count). The van der Waals surface area contributed by atoms with Gasteiger partial charge < -0.3 is 15.1 Å². The summed E-state index contributed by atoms with van der Waals surface area (Å²) in [5.74, 6) is 0.727. The maximum Gasteiger partial charge on any atom is 0.293 e. The van der Waals surface area contributed by atoms with Gasteiger partial charge >= 0.3 is 0 Å². The molecule has 0 aliphatic carbocycles. The topological polar surface area (TPSA) is 137 Å². The van der Waals surface area contributed by atoms with E-state index < -0.39 is 14.9 Å². The van der Waals surface area contributed by atoms with E-state index in [0.29, 0.717) is 28.2 Å². The number of hydrogen-bond acceptors (Lipinski definition) is 11. The minimum Gasteiger partial charge on any atom is -0.375 e. The Bertz CT molecular complexity index is 2450. The van der Waals surface area contributed by atoms with E-state index in [2.05, 4.69) is 66.2 Å². The number of aromatic nitrogens is 2. The summed E-state index contributed by atoms with van der Waals surface area (Å²) in [5, 5.41) is 16.8. The lowest BCUT2D eigenvalue weighted by atomic mass is 9.99. The molecule has 1 saturated heterocycles. The molecule has 5 aromatic carbocycles. The number of nitro groups is 1. The molecule has 1 fully saturated rings. The Balaban J connectivity index is 1.02. The van der Waals surface area contributed by atoms with Gasteiger partial charge in [0.1, 0.15) is 12.0 Å². The molecule has 57 heavy (non-hydrogen) atoms. The molecule has 2 heterocycles. The Morgan fingerprint density at radius 2 is 1.63 bits per heavy atom. The van der Waals surface area contributed by atoms with Crippen LogP contribution >= 0.6 is 23.4 Å². The highest BCUT2D eigenvalue weighted by molar-refractivity contribution is 7.99. The Morgan fingerprint density at radius 1 is 0.895 bits per heavy atom. The Hall–Kier alpha value is -5.25. The lowest BCUT2D eigenvalue weighted by Gasteiger charge is -2.36. The summed E-state index contributed by atoms with van der Waals surface area (Å²) in [6, 6.07) is 35.7. The number of hydrogen-bond donors (Lipinski definition) is 2. The highest BCUT2D eigenvalue weighted by Crippen LogP contribution is 2.32. The first-order valence-electron chi connectivity index (χ1n) is 18.5. The largest absolute Gasteiger partial charge is 0.375 e. The van der Waals surface area contributed by atoms with Gasteiger partial charge in [-0.3, -0.25) is 19.7 Å².